The third kappa shape index (κ3) is 2.46. The lowest BCUT2D eigenvalue weighted by atomic mass is 9.67. The fourth-order valence-electron chi connectivity index (χ4n) is 2.40. The van der Waals surface area contributed by atoms with Crippen molar-refractivity contribution >= 4 is 11.6 Å². The van der Waals surface area contributed by atoms with Crippen LogP contribution in [0.5, 0.6) is 0 Å². The molecule has 0 radical (unpaired) electrons. The van der Waals surface area contributed by atoms with Crippen molar-refractivity contribution in [3.05, 3.63) is 24.0 Å². The molecule has 98 valence electrons. The van der Waals surface area contributed by atoms with Crippen LogP contribution >= 0.6 is 0 Å². The van der Waals surface area contributed by atoms with E-state index in [1.807, 2.05) is 0 Å². The molecular formula is C13H20N4O. The predicted molar refractivity (Wildman–Crippen MR) is 71.0 cm³/mol. The number of carbonyl (C=O) groups is 1. The number of amides is 1. The molecule has 0 atom stereocenters. The first-order chi connectivity index (χ1) is 8.71. The number of nitrogens with one attached hydrogen (secondary N) is 2. The maximum absolute atomic E-state index is 12.1. The number of hydrogen-bond donors (Lipinski definition) is 3. The number of hydrazine groups is 1. The molecule has 1 saturated carbocycles. The lowest BCUT2D eigenvalue weighted by Gasteiger charge is -2.41. The molecule has 0 unspecified atom stereocenters. The van der Waals surface area contributed by atoms with Crippen LogP contribution in [0.2, 0.25) is 0 Å². The van der Waals surface area contributed by atoms with Gasteiger partial charge in [0, 0.05) is 12.7 Å². The SMILES string of the molecule is CCC1(CNC(=O)c2ccncc2NN)CCC1. The number of nitrogens with zero attached hydrogens (tertiary/aromatic N) is 1. The number of pyridine rings is 1. The van der Waals surface area contributed by atoms with Gasteiger partial charge in [0.1, 0.15) is 0 Å². The summed E-state index contributed by atoms with van der Waals surface area (Å²) in [5.74, 6) is 5.27. The number of hydrogen-bond acceptors (Lipinski definition) is 4. The summed E-state index contributed by atoms with van der Waals surface area (Å²) in [6, 6.07) is 1.67. The second-order valence-corrected chi connectivity index (χ2v) is 4.96. The highest BCUT2D eigenvalue weighted by Crippen LogP contribution is 2.43. The minimum atomic E-state index is -0.0925. The Labute approximate surface area is 107 Å². The first-order valence-corrected chi connectivity index (χ1v) is 6.39. The van der Waals surface area contributed by atoms with Crippen molar-refractivity contribution in [1.29, 1.82) is 0 Å². The highest BCUT2D eigenvalue weighted by atomic mass is 16.1. The van der Waals surface area contributed by atoms with E-state index in [-0.39, 0.29) is 5.91 Å². The van der Waals surface area contributed by atoms with Crippen molar-refractivity contribution in [2.45, 2.75) is 32.6 Å². The van der Waals surface area contributed by atoms with Gasteiger partial charge in [-0.2, -0.15) is 0 Å². The molecule has 1 amide bonds. The molecule has 0 aromatic carbocycles. The summed E-state index contributed by atoms with van der Waals surface area (Å²) in [5.41, 5.74) is 3.90. The second kappa shape index (κ2) is 5.35. The Bertz CT molecular complexity index is 423. The zero-order chi connectivity index (χ0) is 13.0. The van der Waals surface area contributed by atoms with Gasteiger partial charge in [-0.1, -0.05) is 13.3 Å². The van der Waals surface area contributed by atoms with Crippen LogP contribution in [0.3, 0.4) is 0 Å². The maximum Gasteiger partial charge on any atom is 0.253 e. The zero-order valence-electron chi connectivity index (χ0n) is 10.7. The van der Waals surface area contributed by atoms with Crippen molar-refractivity contribution in [1.82, 2.24) is 10.3 Å². The van der Waals surface area contributed by atoms with Gasteiger partial charge in [0.25, 0.3) is 5.91 Å². The molecule has 4 N–H and O–H groups in total. The van der Waals surface area contributed by atoms with Crippen molar-refractivity contribution in [2.75, 3.05) is 12.0 Å². The van der Waals surface area contributed by atoms with E-state index in [0.29, 0.717) is 16.7 Å². The predicted octanol–water partition coefficient (Wildman–Crippen LogP) is 1.68. The Kier molecular flexibility index (Phi) is 3.81. The normalized spacial score (nSPS) is 16.8. The average Bonchev–Trinajstić information content (AvgIpc) is 2.37. The van der Waals surface area contributed by atoms with Gasteiger partial charge >= 0.3 is 0 Å². The third-order valence-electron chi connectivity index (χ3n) is 4.01. The van der Waals surface area contributed by atoms with Gasteiger partial charge < -0.3 is 10.7 Å². The largest absolute Gasteiger partial charge is 0.351 e. The topological polar surface area (TPSA) is 80.0 Å². The van der Waals surface area contributed by atoms with E-state index in [0.717, 1.165) is 13.0 Å². The molecule has 18 heavy (non-hydrogen) atoms. The van der Waals surface area contributed by atoms with Gasteiger partial charge in [-0.3, -0.25) is 15.6 Å². The fraction of sp³-hybridized carbons (Fsp3) is 0.538. The van der Waals surface area contributed by atoms with Gasteiger partial charge in [0.05, 0.1) is 17.4 Å². The Morgan fingerprint density at radius 3 is 2.89 bits per heavy atom. The number of carbonyl (C=O) groups excluding carboxylic acids is 1. The third-order valence-corrected chi connectivity index (χ3v) is 4.01. The van der Waals surface area contributed by atoms with Crippen LogP contribution in [-0.2, 0) is 0 Å². The lowest BCUT2D eigenvalue weighted by Crippen LogP contribution is -2.41. The molecule has 1 aliphatic carbocycles. The van der Waals surface area contributed by atoms with Crippen LogP contribution < -0.4 is 16.6 Å². The van der Waals surface area contributed by atoms with Gasteiger partial charge in [0.2, 0.25) is 0 Å². The summed E-state index contributed by atoms with van der Waals surface area (Å²) >= 11 is 0. The van der Waals surface area contributed by atoms with Crippen LogP contribution in [0.1, 0.15) is 43.0 Å². The summed E-state index contributed by atoms with van der Waals surface area (Å²) in [6.07, 6.45) is 7.95. The average molecular weight is 248 g/mol. The highest BCUT2D eigenvalue weighted by molar-refractivity contribution is 5.99. The molecule has 5 heteroatoms. The van der Waals surface area contributed by atoms with Crippen molar-refractivity contribution in [2.24, 2.45) is 11.3 Å². The first kappa shape index (κ1) is 12.8. The van der Waals surface area contributed by atoms with E-state index in [2.05, 4.69) is 22.7 Å². The molecule has 5 nitrogen and oxygen atoms in total. The molecule has 0 saturated heterocycles. The monoisotopic (exact) mass is 248 g/mol. The van der Waals surface area contributed by atoms with Crippen molar-refractivity contribution in [3.8, 4) is 0 Å². The summed E-state index contributed by atoms with van der Waals surface area (Å²) < 4.78 is 0. The minimum absolute atomic E-state index is 0.0925. The molecule has 2 rings (SSSR count). The number of anilines is 1. The number of nitrogen functional groups attached to an aromatic ring is 1. The number of rotatable bonds is 5. The molecule has 1 fully saturated rings. The molecule has 1 aromatic heterocycles. The van der Waals surface area contributed by atoms with Crippen LogP contribution in [0.4, 0.5) is 5.69 Å². The number of nitrogens with two attached hydrogens (primary N) is 1. The van der Waals surface area contributed by atoms with Crippen LogP contribution in [0.25, 0.3) is 0 Å². The summed E-state index contributed by atoms with van der Waals surface area (Å²) in [6.45, 7) is 2.93. The van der Waals surface area contributed by atoms with Gasteiger partial charge in [0.15, 0.2) is 0 Å². The van der Waals surface area contributed by atoms with E-state index >= 15 is 0 Å². The van der Waals surface area contributed by atoms with Crippen LogP contribution in [0.15, 0.2) is 18.5 Å². The molecule has 0 bridgehead atoms. The molecule has 1 heterocycles. The van der Waals surface area contributed by atoms with Gasteiger partial charge in [-0.25, -0.2) is 0 Å². The molecule has 1 aromatic rings. The minimum Gasteiger partial charge on any atom is -0.351 e. The molecular weight excluding hydrogens is 228 g/mol. The van der Waals surface area contributed by atoms with Gasteiger partial charge in [-0.05, 0) is 30.7 Å². The lowest BCUT2D eigenvalue weighted by molar-refractivity contribution is 0.0850. The van der Waals surface area contributed by atoms with Crippen molar-refractivity contribution in [3.63, 3.8) is 0 Å². The van der Waals surface area contributed by atoms with E-state index < -0.39 is 0 Å². The fourth-order valence-corrected chi connectivity index (χ4v) is 2.40. The summed E-state index contributed by atoms with van der Waals surface area (Å²) in [4.78, 5) is 16.0. The zero-order valence-corrected chi connectivity index (χ0v) is 10.7. The second-order valence-electron chi connectivity index (χ2n) is 4.96. The Balaban J connectivity index is 1.99. The van der Waals surface area contributed by atoms with E-state index in [1.165, 1.54) is 19.3 Å². The molecule has 0 aliphatic heterocycles. The summed E-state index contributed by atoms with van der Waals surface area (Å²) in [7, 11) is 0. The quantitative estimate of drug-likeness (QED) is 0.547. The summed E-state index contributed by atoms with van der Waals surface area (Å²) in [5, 5.41) is 3.01. The Hall–Kier alpha value is -1.62. The van der Waals surface area contributed by atoms with Crippen molar-refractivity contribution < 1.29 is 4.79 Å². The maximum atomic E-state index is 12.1. The standard InChI is InChI=1S/C13H20N4O/c1-2-13(5-3-6-13)9-16-12(18)10-4-7-15-8-11(10)17-14/h4,7-8,17H,2-3,5-6,9,14H2,1H3,(H,16,18). The van der Waals surface area contributed by atoms with Gasteiger partial charge in [-0.15, -0.1) is 0 Å². The Morgan fingerprint density at radius 2 is 2.33 bits per heavy atom. The smallest absolute Gasteiger partial charge is 0.253 e. The van der Waals surface area contributed by atoms with Crippen LogP contribution in [0, 0.1) is 5.41 Å². The molecule has 0 spiro atoms. The Morgan fingerprint density at radius 1 is 1.56 bits per heavy atom. The number of aromatic nitrogens is 1. The van der Waals surface area contributed by atoms with E-state index in [9.17, 15) is 4.79 Å². The van der Waals surface area contributed by atoms with E-state index in [1.54, 1.807) is 18.5 Å². The molecule has 1 aliphatic rings. The van der Waals surface area contributed by atoms with Crippen LogP contribution in [-0.4, -0.2) is 17.4 Å². The first-order valence-electron chi connectivity index (χ1n) is 6.39. The van der Waals surface area contributed by atoms with E-state index in [4.69, 9.17) is 5.84 Å². The highest BCUT2D eigenvalue weighted by Gasteiger charge is 2.35.